The largest absolute Gasteiger partial charge is 0.366 e. The zero-order valence-electron chi connectivity index (χ0n) is 14.3. The van der Waals surface area contributed by atoms with Gasteiger partial charge in [-0.05, 0) is 37.5 Å². The number of urea groups is 1. The van der Waals surface area contributed by atoms with Crippen molar-refractivity contribution >= 4 is 11.9 Å². The number of primary amides is 1. The summed E-state index contributed by atoms with van der Waals surface area (Å²) >= 11 is 0. The Kier molecular flexibility index (Phi) is 4.69. The van der Waals surface area contributed by atoms with Gasteiger partial charge in [-0.2, -0.15) is 0 Å². The summed E-state index contributed by atoms with van der Waals surface area (Å²) in [4.78, 5) is 25.7. The van der Waals surface area contributed by atoms with E-state index in [2.05, 4.69) is 15.5 Å². The molecule has 3 N–H and O–H groups in total. The standard InChI is InChI=1S/C17H22N6O2/c1-11(16-21-19-10-22(16)2)20-17(25)23(14-7-8-14)9-12-3-5-13(6-4-12)15(18)24/h3-6,10-11,14H,7-9H2,1-2H3,(H2,18,24)(H,20,25)/t11-/m0/s1. The fourth-order valence-electron chi connectivity index (χ4n) is 2.74. The molecule has 0 spiro atoms. The third kappa shape index (κ3) is 3.96. The van der Waals surface area contributed by atoms with Gasteiger partial charge in [-0.3, -0.25) is 4.79 Å². The van der Waals surface area contributed by atoms with E-state index in [1.54, 1.807) is 23.0 Å². The minimum Gasteiger partial charge on any atom is -0.366 e. The van der Waals surface area contributed by atoms with Crippen LogP contribution in [0, 0.1) is 0 Å². The molecule has 1 heterocycles. The highest BCUT2D eigenvalue weighted by molar-refractivity contribution is 5.92. The predicted octanol–water partition coefficient (Wildman–Crippen LogP) is 1.35. The number of nitrogens with two attached hydrogens (primary N) is 1. The molecule has 1 atom stereocenters. The van der Waals surface area contributed by atoms with Gasteiger partial charge in [0.15, 0.2) is 5.82 Å². The monoisotopic (exact) mass is 342 g/mol. The second-order valence-electron chi connectivity index (χ2n) is 6.39. The minimum atomic E-state index is -0.458. The third-order valence-electron chi connectivity index (χ3n) is 4.31. The van der Waals surface area contributed by atoms with Crippen LogP contribution < -0.4 is 11.1 Å². The van der Waals surface area contributed by atoms with E-state index in [1.807, 2.05) is 31.0 Å². The first kappa shape index (κ1) is 16.9. The molecular formula is C17H22N6O2. The van der Waals surface area contributed by atoms with E-state index < -0.39 is 5.91 Å². The van der Waals surface area contributed by atoms with Gasteiger partial charge < -0.3 is 20.5 Å². The lowest BCUT2D eigenvalue weighted by Gasteiger charge is -2.25. The SMILES string of the molecule is C[C@H](NC(=O)N(Cc1ccc(C(N)=O)cc1)C1CC1)c1nncn1C. The highest BCUT2D eigenvalue weighted by atomic mass is 16.2. The average molecular weight is 342 g/mol. The molecule has 1 aromatic heterocycles. The molecule has 1 aliphatic carbocycles. The highest BCUT2D eigenvalue weighted by Gasteiger charge is 2.33. The van der Waals surface area contributed by atoms with Crippen LogP contribution >= 0.6 is 0 Å². The molecule has 2 aromatic rings. The van der Waals surface area contributed by atoms with E-state index in [1.165, 1.54) is 0 Å². The van der Waals surface area contributed by atoms with Crippen LogP contribution in [0.4, 0.5) is 4.79 Å². The Morgan fingerprint density at radius 3 is 2.56 bits per heavy atom. The Labute approximate surface area is 146 Å². The van der Waals surface area contributed by atoms with Crippen LogP contribution in [0.25, 0.3) is 0 Å². The number of carbonyl (C=O) groups excluding carboxylic acids is 2. The Balaban J connectivity index is 1.67. The zero-order valence-corrected chi connectivity index (χ0v) is 14.3. The Morgan fingerprint density at radius 1 is 1.36 bits per heavy atom. The van der Waals surface area contributed by atoms with E-state index in [0.717, 1.165) is 18.4 Å². The first-order valence-corrected chi connectivity index (χ1v) is 8.25. The Bertz CT molecular complexity index is 766. The molecule has 0 radical (unpaired) electrons. The maximum absolute atomic E-state index is 12.7. The van der Waals surface area contributed by atoms with Crippen molar-refractivity contribution in [3.05, 3.63) is 47.5 Å². The van der Waals surface area contributed by atoms with Crippen molar-refractivity contribution < 1.29 is 9.59 Å². The van der Waals surface area contributed by atoms with Gasteiger partial charge in [-0.15, -0.1) is 10.2 Å². The molecule has 3 rings (SSSR count). The average Bonchev–Trinajstić information content (AvgIpc) is 3.33. The van der Waals surface area contributed by atoms with Gasteiger partial charge in [-0.1, -0.05) is 12.1 Å². The summed E-state index contributed by atoms with van der Waals surface area (Å²) in [5, 5.41) is 10.9. The number of hydrogen-bond donors (Lipinski definition) is 2. The van der Waals surface area contributed by atoms with Gasteiger partial charge in [0.2, 0.25) is 5.91 Å². The summed E-state index contributed by atoms with van der Waals surface area (Å²) in [6, 6.07) is 6.91. The molecule has 0 saturated heterocycles. The van der Waals surface area contributed by atoms with Gasteiger partial charge in [0.25, 0.3) is 0 Å². The van der Waals surface area contributed by atoms with Crippen molar-refractivity contribution in [3.8, 4) is 0 Å². The summed E-state index contributed by atoms with van der Waals surface area (Å²) in [6.45, 7) is 2.37. The lowest BCUT2D eigenvalue weighted by molar-refractivity contribution is 0.1000. The number of amides is 3. The smallest absolute Gasteiger partial charge is 0.318 e. The van der Waals surface area contributed by atoms with Crippen molar-refractivity contribution in [3.63, 3.8) is 0 Å². The van der Waals surface area contributed by atoms with Crippen LogP contribution in [0.1, 0.15) is 47.6 Å². The summed E-state index contributed by atoms with van der Waals surface area (Å²) in [7, 11) is 1.84. The number of hydrogen-bond acceptors (Lipinski definition) is 4. The van der Waals surface area contributed by atoms with E-state index in [0.29, 0.717) is 17.9 Å². The van der Waals surface area contributed by atoms with Crippen LogP contribution in [0.15, 0.2) is 30.6 Å². The van der Waals surface area contributed by atoms with Gasteiger partial charge >= 0.3 is 6.03 Å². The minimum absolute atomic E-state index is 0.128. The van der Waals surface area contributed by atoms with Crippen molar-refractivity contribution in [1.29, 1.82) is 0 Å². The third-order valence-corrected chi connectivity index (χ3v) is 4.31. The van der Waals surface area contributed by atoms with Crippen molar-refractivity contribution in [2.24, 2.45) is 12.8 Å². The van der Waals surface area contributed by atoms with Gasteiger partial charge in [0.1, 0.15) is 6.33 Å². The quantitative estimate of drug-likeness (QED) is 0.826. The molecule has 3 amide bonds. The van der Waals surface area contributed by atoms with Crippen LogP contribution in [0.3, 0.4) is 0 Å². The topological polar surface area (TPSA) is 106 Å². The normalized spacial score (nSPS) is 14.8. The summed E-state index contributed by atoms with van der Waals surface area (Å²) in [5.74, 6) is 0.246. The lowest BCUT2D eigenvalue weighted by Crippen LogP contribution is -2.42. The number of rotatable bonds is 6. The Hall–Kier alpha value is -2.90. The van der Waals surface area contributed by atoms with E-state index >= 15 is 0 Å². The first-order chi connectivity index (χ1) is 12.0. The van der Waals surface area contributed by atoms with E-state index in [4.69, 9.17) is 5.73 Å². The molecule has 8 heteroatoms. The second kappa shape index (κ2) is 6.92. The van der Waals surface area contributed by atoms with Gasteiger partial charge in [0.05, 0.1) is 6.04 Å². The molecule has 8 nitrogen and oxygen atoms in total. The number of benzene rings is 1. The molecule has 1 aliphatic rings. The summed E-state index contributed by atoms with van der Waals surface area (Å²) in [5.41, 5.74) is 6.68. The van der Waals surface area contributed by atoms with Crippen molar-refractivity contribution in [2.75, 3.05) is 0 Å². The van der Waals surface area contributed by atoms with Crippen molar-refractivity contribution in [2.45, 2.75) is 38.4 Å². The number of nitrogens with one attached hydrogen (secondary N) is 1. The summed E-state index contributed by atoms with van der Waals surface area (Å²) < 4.78 is 1.79. The molecule has 132 valence electrons. The Morgan fingerprint density at radius 2 is 2.04 bits per heavy atom. The lowest BCUT2D eigenvalue weighted by atomic mass is 10.1. The van der Waals surface area contributed by atoms with Gasteiger partial charge in [0, 0.05) is 25.2 Å². The van der Waals surface area contributed by atoms with E-state index in [9.17, 15) is 9.59 Å². The zero-order chi connectivity index (χ0) is 18.0. The van der Waals surface area contributed by atoms with Crippen molar-refractivity contribution in [1.82, 2.24) is 25.0 Å². The molecule has 1 saturated carbocycles. The van der Waals surface area contributed by atoms with Crippen LogP contribution in [-0.4, -0.2) is 37.6 Å². The maximum Gasteiger partial charge on any atom is 0.318 e. The van der Waals surface area contributed by atoms with E-state index in [-0.39, 0.29) is 18.1 Å². The molecule has 1 fully saturated rings. The fraction of sp³-hybridized carbons (Fsp3) is 0.412. The van der Waals surface area contributed by atoms with Crippen LogP contribution in [0.2, 0.25) is 0 Å². The second-order valence-corrected chi connectivity index (χ2v) is 6.39. The molecule has 1 aromatic carbocycles. The van der Waals surface area contributed by atoms with Gasteiger partial charge in [-0.25, -0.2) is 4.79 Å². The number of aryl methyl sites for hydroxylation is 1. The highest BCUT2D eigenvalue weighted by Crippen LogP contribution is 2.29. The molecule has 25 heavy (non-hydrogen) atoms. The molecule has 0 bridgehead atoms. The molecule has 0 unspecified atom stereocenters. The maximum atomic E-state index is 12.7. The number of aromatic nitrogens is 3. The van der Waals surface area contributed by atoms with Crippen LogP contribution in [-0.2, 0) is 13.6 Å². The first-order valence-electron chi connectivity index (χ1n) is 8.25. The molecule has 0 aliphatic heterocycles. The summed E-state index contributed by atoms with van der Waals surface area (Å²) in [6.07, 6.45) is 3.62. The van der Waals surface area contributed by atoms with Crippen LogP contribution in [0.5, 0.6) is 0 Å². The number of carbonyl (C=O) groups is 2. The molecular weight excluding hydrogens is 320 g/mol. The number of nitrogens with zero attached hydrogens (tertiary/aromatic N) is 4. The fourth-order valence-corrected chi connectivity index (χ4v) is 2.74. The predicted molar refractivity (Wildman–Crippen MR) is 91.5 cm³/mol.